The molecule has 0 atom stereocenters. The molecule has 0 aliphatic rings. The number of pyridine rings is 2. The number of hydrogen-bond acceptors (Lipinski definition) is 4. The standard InChI is InChI=1S/C18H22N4O3/c1-3-4-16(23)21-15-6-5-13(2)22(18(15)25)12-17(24)20-11-14-7-9-19-10-8-14/h5-10H,3-4,11-12H2,1-2H3,(H,20,24)(H,21,23). The number of aromatic nitrogens is 2. The fourth-order valence-corrected chi connectivity index (χ4v) is 2.30. The average molecular weight is 342 g/mol. The predicted molar refractivity (Wildman–Crippen MR) is 95.1 cm³/mol. The molecule has 0 aromatic carbocycles. The van der Waals surface area contributed by atoms with Gasteiger partial charge >= 0.3 is 0 Å². The van der Waals surface area contributed by atoms with Gasteiger partial charge in [-0.05, 0) is 43.2 Å². The molecule has 2 aromatic rings. The molecule has 2 heterocycles. The molecule has 0 aliphatic heterocycles. The third-order valence-electron chi connectivity index (χ3n) is 3.68. The second kappa shape index (κ2) is 8.77. The van der Waals surface area contributed by atoms with Crippen LogP contribution < -0.4 is 16.2 Å². The van der Waals surface area contributed by atoms with Crippen molar-refractivity contribution in [3.63, 3.8) is 0 Å². The van der Waals surface area contributed by atoms with Gasteiger partial charge in [0.1, 0.15) is 12.2 Å². The van der Waals surface area contributed by atoms with Crippen molar-refractivity contribution in [2.75, 3.05) is 5.32 Å². The van der Waals surface area contributed by atoms with E-state index in [1.807, 2.05) is 19.1 Å². The Balaban J connectivity index is 2.06. The van der Waals surface area contributed by atoms with Crippen molar-refractivity contribution < 1.29 is 9.59 Å². The summed E-state index contributed by atoms with van der Waals surface area (Å²) >= 11 is 0. The van der Waals surface area contributed by atoms with Crippen LogP contribution in [-0.2, 0) is 22.7 Å². The molecule has 0 radical (unpaired) electrons. The van der Waals surface area contributed by atoms with Gasteiger partial charge in [0.2, 0.25) is 11.8 Å². The lowest BCUT2D eigenvalue weighted by Gasteiger charge is -2.13. The summed E-state index contributed by atoms with van der Waals surface area (Å²) in [5, 5.41) is 5.37. The first kappa shape index (κ1) is 18.4. The second-order valence-electron chi connectivity index (χ2n) is 5.71. The predicted octanol–water partition coefficient (Wildman–Crippen LogP) is 1.61. The SMILES string of the molecule is CCCC(=O)Nc1ccc(C)n(CC(=O)NCc2ccncc2)c1=O. The van der Waals surface area contributed by atoms with Crippen LogP contribution in [0.3, 0.4) is 0 Å². The lowest BCUT2D eigenvalue weighted by Crippen LogP contribution is -2.34. The summed E-state index contributed by atoms with van der Waals surface area (Å²) in [6.45, 7) is 3.89. The first-order chi connectivity index (χ1) is 12.0. The van der Waals surface area contributed by atoms with Gasteiger partial charge in [-0.15, -0.1) is 0 Å². The van der Waals surface area contributed by atoms with E-state index in [-0.39, 0.29) is 29.6 Å². The van der Waals surface area contributed by atoms with E-state index >= 15 is 0 Å². The zero-order chi connectivity index (χ0) is 18.2. The Bertz CT molecular complexity index is 800. The van der Waals surface area contributed by atoms with E-state index in [2.05, 4.69) is 15.6 Å². The third-order valence-corrected chi connectivity index (χ3v) is 3.68. The van der Waals surface area contributed by atoms with Crippen LogP contribution >= 0.6 is 0 Å². The lowest BCUT2D eigenvalue weighted by atomic mass is 10.2. The normalized spacial score (nSPS) is 10.3. The summed E-state index contributed by atoms with van der Waals surface area (Å²) in [4.78, 5) is 40.3. The molecule has 2 aromatic heterocycles. The number of anilines is 1. The van der Waals surface area contributed by atoms with Crippen molar-refractivity contribution in [2.24, 2.45) is 0 Å². The van der Waals surface area contributed by atoms with Gasteiger partial charge < -0.3 is 15.2 Å². The van der Waals surface area contributed by atoms with Gasteiger partial charge in [0.05, 0.1) is 0 Å². The van der Waals surface area contributed by atoms with Gasteiger partial charge in [-0.2, -0.15) is 0 Å². The molecule has 132 valence electrons. The maximum Gasteiger partial charge on any atom is 0.274 e. The fourth-order valence-electron chi connectivity index (χ4n) is 2.30. The molecular weight excluding hydrogens is 320 g/mol. The van der Waals surface area contributed by atoms with E-state index in [0.29, 0.717) is 25.1 Å². The maximum absolute atomic E-state index is 12.5. The number of amides is 2. The molecule has 2 N–H and O–H groups in total. The van der Waals surface area contributed by atoms with Gasteiger partial charge in [-0.1, -0.05) is 6.92 Å². The Labute approximate surface area is 146 Å². The van der Waals surface area contributed by atoms with Crippen LogP contribution in [0.5, 0.6) is 0 Å². The molecule has 2 amide bonds. The summed E-state index contributed by atoms with van der Waals surface area (Å²) in [6, 6.07) is 6.89. The smallest absolute Gasteiger partial charge is 0.274 e. The van der Waals surface area contributed by atoms with Crippen molar-refractivity contribution >= 4 is 17.5 Å². The molecular formula is C18H22N4O3. The average Bonchev–Trinajstić information content (AvgIpc) is 2.60. The summed E-state index contributed by atoms with van der Waals surface area (Å²) in [7, 11) is 0. The van der Waals surface area contributed by atoms with E-state index in [4.69, 9.17) is 0 Å². The number of nitrogens with zero attached hydrogens (tertiary/aromatic N) is 2. The van der Waals surface area contributed by atoms with E-state index in [1.54, 1.807) is 31.5 Å². The van der Waals surface area contributed by atoms with Crippen LogP contribution in [0, 0.1) is 6.92 Å². The van der Waals surface area contributed by atoms with E-state index < -0.39 is 0 Å². The Morgan fingerprint density at radius 1 is 1.12 bits per heavy atom. The van der Waals surface area contributed by atoms with E-state index in [9.17, 15) is 14.4 Å². The monoisotopic (exact) mass is 342 g/mol. The number of rotatable bonds is 7. The van der Waals surface area contributed by atoms with Gasteiger partial charge in [-0.25, -0.2) is 0 Å². The highest BCUT2D eigenvalue weighted by atomic mass is 16.2. The van der Waals surface area contributed by atoms with Gasteiger partial charge in [0, 0.05) is 31.1 Å². The fraction of sp³-hybridized carbons (Fsp3) is 0.333. The molecule has 7 nitrogen and oxygen atoms in total. The minimum Gasteiger partial charge on any atom is -0.350 e. The van der Waals surface area contributed by atoms with Crippen LogP contribution in [0.4, 0.5) is 5.69 Å². The highest BCUT2D eigenvalue weighted by Crippen LogP contribution is 2.05. The van der Waals surface area contributed by atoms with Crippen molar-refractivity contribution in [1.82, 2.24) is 14.9 Å². The molecule has 0 unspecified atom stereocenters. The lowest BCUT2D eigenvalue weighted by molar-refractivity contribution is -0.122. The van der Waals surface area contributed by atoms with Gasteiger partial charge in [-0.3, -0.25) is 19.4 Å². The summed E-state index contributed by atoms with van der Waals surface area (Å²) in [5.74, 6) is -0.490. The first-order valence-corrected chi connectivity index (χ1v) is 8.17. The molecule has 0 fully saturated rings. The van der Waals surface area contributed by atoms with Crippen LogP contribution in [0.15, 0.2) is 41.5 Å². The molecule has 25 heavy (non-hydrogen) atoms. The Morgan fingerprint density at radius 3 is 2.52 bits per heavy atom. The summed E-state index contributed by atoms with van der Waals surface area (Å²) in [6.07, 6.45) is 4.35. The molecule has 0 saturated heterocycles. The minimum absolute atomic E-state index is 0.104. The number of carbonyl (C=O) groups excluding carboxylic acids is 2. The molecule has 0 aliphatic carbocycles. The van der Waals surface area contributed by atoms with Crippen LogP contribution in [-0.4, -0.2) is 21.4 Å². The number of hydrogen-bond donors (Lipinski definition) is 2. The minimum atomic E-state index is -0.386. The molecule has 0 bridgehead atoms. The quantitative estimate of drug-likeness (QED) is 0.799. The Kier molecular flexibility index (Phi) is 6.45. The molecule has 0 saturated carbocycles. The number of carbonyl (C=O) groups is 2. The van der Waals surface area contributed by atoms with Crippen molar-refractivity contribution in [1.29, 1.82) is 0 Å². The summed E-state index contributed by atoms with van der Waals surface area (Å²) in [5.41, 5.74) is 1.38. The topological polar surface area (TPSA) is 93.1 Å². The zero-order valence-electron chi connectivity index (χ0n) is 14.4. The largest absolute Gasteiger partial charge is 0.350 e. The highest BCUT2D eigenvalue weighted by molar-refractivity contribution is 5.90. The molecule has 7 heteroatoms. The van der Waals surface area contributed by atoms with Crippen molar-refractivity contribution in [3.05, 3.63) is 58.3 Å². The van der Waals surface area contributed by atoms with Gasteiger partial charge in [0.15, 0.2) is 0 Å². The highest BCUT2D eigenvalue weighted by Gasteiger charge is 2.12. The third kappa shape index (κ3) is 5.27. The van der Waals surface area contributed by atoms with Crippen LogP contribution in [0.2, 0.25) is 0 Å². The molecule has 0 spiro atoms. The maximum atomic E-state index is 12.5. The van der Waals surface area contributed by atoms with Gasteiger partial charge in [0.25, 0.3) is 5.56 Å². The van der Waals surface area contributed by atoms with E-state index in [1.165, 1.54) is 4.57 Å². The molecule has 2 rings (SSSR count). The zero-order valence-corrected chi connectivity index (χ0v) is 14.4. The second-order valence-corrected chi connectivity index (χ2v) is 5.71. The van der Waals surface area contributed by atoms with Crippen LogP contribution in [0.1, 0.15) is 31.0 Å². The van der Waals surface area contributed by atoms with Crippen molar-refractivity contribution in [2.45, 2.75) is 39.8 Å². The van der Waals surface area contributed by atoms with Crippen LogP contribution in [0.25, 0.3) is 0 Å². The Morgan fingerprint density at radius 2 is 1.84 bits per heavy atom. The number of nitrogens with one attached hydrogen (secondary N) is 2. The number of aryl methyl sites for hydroxylation is 1. The summed E-state index contributed by atoms with van der Waals surface area (Å²) < 4.78 is 1.35. The first-order valence-electron chi connectivity index (χ1n) is 8.17. The van der Waals surface area contributed by atoms with Crippen molar-refractivity contribution in [3.8, 4) is 0 Å². The van der Waals surface area contributed by atoms with E-state index in [0.717, 1.165) is 5.56 Å². The Hall–Kier alpha value is -2.96.